The van der Waals surface area contributed by atoms with Crippen LogP contribution >= 0.6 is 0 Å². The third-order valence-corrected chi connectivity index (χ3v) is 15.8. The molecule has 0 aliphatic heterocycles. The van der Waals surface area contributed by atoms with Crippen LogP contribution in [0.15, 0.2) is 24.3 Å². The van der Waals surface area contributed by atoms with Crippen LogP contribution in [0.1, 0.15) is 373 Å². The molecule has 74 heavy (non-hydrogen) atoms. The molecule has 0 aromatic carbocycles. The molecular formula is C68H131NO5. The third kappa shape index (κ3) is 59.6. The van der Waals surface area contributed by atoms with Crippen molar-refractivity contribution in [1.82, 2.24) is 5.32 Å². The molecule has 2 unspecified atom stereocenters. The van der Waals surface area contributed by atoms with Gasteiger partial charge in [-0.15, -0.1) is 0 Å². The van der Waals surface area contributed by atoms with Crippen molar-refractivity contribution in [3.8, 4) is 0 Å². The highest BCUT2D eigenvalue weighted by Crippen LogP contribution is 2.18. The molecule has 0 radical (unpaired) electrons. The Hall–Kier alpha value is -1.66. The van der Waals surface area contributed by atoms with Crippen molar-refractivity contribution in [1.29, 1.82) is 0 Å². The van der Waals surface area contributed by atoms with Crippen molar-refractivity contribution in [2.45, 2.75) is 386 Å². The first-order valence-corrected chi connectivity index (χ1v) is 33.6. The molecule has 0 saturated carbocycles. The Morgan fingerprint density at radius 1 is 0.378 bits per heavy atom. The zero-order valence-electron chi connectivity index (χ0n) is 50.1. The standard InChI is InChI=1S/C68H131NO5/c1-3-5-7-9-11-13-15-17-18-19-27-30-33-37-40-44-48-52-56-60-66(71)65(64-70)69-67(72)61-57-53-49-45-41-38-34-31-28-25-23-21-20-22-24-26-29-32-35-39-43-47-51-55-59-63-74-68(73)62-58-54-50-46-42-36-16-14-12-10-8-6-4-2/h21-24,65-66,70-71H,3-20,25-64H2,1-2H3,(H,69,72)/b23-21-,24-22-. The van der Waals surface area contributed by atoms with E-state index in [1.807, 2.05) is 0 Å². The second kappa shape index (κ2) is 63.9. The number of aliphatic hydroxyl groups excluding tert-OH is 2. The second-order valence-electron chi connectivity index (χ2n) is 23.2. The van der Waals surface area contributed by atoms with E-state index in [1.54, 1.807) is 0 Å². The van der Waals surface area contributed by atoms with Crippen molar-refractivity contribution in [2.24, 2.45) is 0 Å². The molecule has 0 spiro atoms. The number of nitrogens with one attached hydrogen (secondary N) is 1. The van der Waals surface area contributed by atoms with Gasteiger partial charge in [0.2, 0.25) is 5.91 Å². The molecule has 0 aromatic heterocycles. The SMILES string of the molecule is CCCCCCCCCCCCCCCCCCCCCC(O)C(CO)NC(=O)CCCCCCCCCCC/C=C\C/C=C\CCCCCCCCCCCOC(=O)CCCCCCCCCCCCCCC. The maximum absolute atomic E-state index is 12.5. The van der Waals surface area contributed by atoms with E-state index in [4.69, 9.17) is 4.74 Å². The van der Waals surface area contributed by atoms with Gasteiger partial charge in [0.05, 0.1) is 25.4 Å². The summed E-state index contributed by atoms with van der Waals surface area (Å²) >= 11 is 0. The Morgan fingerprint density at radius 3 is 1.03 bits per heavy atom. The highest BCUT2D eigenvalue weighted by atomic mass is 16.5. The predicted molar refractivity (Wildman–Crippen MR) is 324 cm³/mol. The number of hydrogen-bond donors (Lipinski definition) is 3. The molecule has 0 bridgehead atoms. The molecule has 6 nitrogen and oxygen atoms in total. The molecule has 0 fully saturated rings. The molecule has 3 N–H and O–H groups in total. The van der Waals surface area contributed by atoms with Crippen LogP contribution < -0.4 is 5.32 Å². The first-order valence-electron chi connectivity index (χ1n) is 33.6. The van der Waals surface area contributed by atoms with Crippen LogP contribution in [0.25, 0.3) is 0 Å². The van der Waals surface area contributed by atoms with E-state index in [0.29, 0.717) is 25.9 Å². The van der Waals surface area contributed by atoms with Crippen LogP contribution in [0.5, 0.6) is 0 Å². The van der Waals surface area contributed by atoms with Gasteiger partial charge in [0.25, 0.3) is 0 Å². The van der Waals surface area contributed by atoms with Crippen molar-refractivity contribution in [3.05, 3.63) is 24.3 Å². The summed E-state index contributed by atoms with van der Waals surface area (Å²) in [5, 5.41) is 23.4. The molecule has 2 atom stereocenters. The van der Waals surface area contributed by atoms with E-state index in [2.05, 4.69) is 43.5 Å². The molecule has 438 valence electrons. The Kier molecular flexibility index (Phi) is 62.4. The number of aliphatic hydroxyl groups is 2. The smallest absolute Gasteiger partial charge is 0.305 e. The van der Waals surface area contributed by atoms with Crippen LogP contribution in [0.2, 0.25) is 0 Å². The van der Waals surface area contributed by atoms with E-state index in [-0.39, 0.29) is 18.5 Å². The van der Waals surface area contributed by atoms with E-state index < -0.39 is 12.1 Å². The van der Waals surface area contributed by atoms with Crippen LogP contribution in [0.4, 0.5) is 0 Å². The highest BCUT2D eigenvalue weighted by Gasteiger charge is 2.20. The lowest BCUT2D eigenvalue weighted by Gasteiger charge is -2.22. The van der Waals surface area contributed by atoms with Crippen LogP contribution in [0.3, 0.4) is 0 Å². The van der Waals surface area contributed by atoms with Gasteiger partial charge < -0.3 is 20.3 Å². The first-order chi connectivity index (χ1) is 36.5. The normalized spacial score (nSPS) is 12.6. The summed E-state index contributed by atoms with van der Waals surface area (Å²) in [4.78, 5) is 24.6. The Morgan fingerprint density at radius 2 is 0.676 bits per heavy atom. The molecule has 0 aromatic rings. The molecule has 0 aliphatic carbocycles. The number of carbonyl (C=O) groups excluding carboxylic acids is 2. The Labute approximate surface area is 462 Å². The average Bonchev–Trinajstić information content (AvgIpc) is 3.40. The lowest BCUT2D eigenvalue weighted by Crippen LogP contribution is -2.45. The molecule has 0 heterocycles. The fraction of sp³-hybridized carbons (Fsp3) is 0.912. The van der Waals surface area contributed by atoms with Crippen molar-refractivity contribution >= 4 is 11.9 Å². The van der Waals surface area contributed by atoms with Crippen molar-refractivity contribution in [2.75, 3.05) is 13.2 Å². The Balaban J connectivity index is 3.43. The van der Waals surface area contributed by atoms with Crippen LogP contribution in [-0.4, -0.2) is 47.4 Å². The van der Waals surface area contributed by atoms with Crippen molar-refractivity contribution < 1.29 is 24.5 Å². The zero-order valence-corrected chi connectivity index (χ0v) is 50.1. The summed E-state index contributed by atoms with van der Waals surface area (Å²) in [5.41, 5.74) is 0. The van der Waals surface area contributed by atoms with Gasteiger partial charge >= 0.3 is 5.97 Å². The predicted octanol–water partition coefficient (Wildman–Crippen LogP) is 21.4. The minimum absolute atomic E-state index is 0.0112. The first kappa shape index (κ1) is 72.3. The monoisotopic (exact) mass is 1040 g/mol. The van der Waals surface area contributed by atoms with Crippen LogP contribution in [0, 0.1) is 0 Å². The third-order valence-electron chi connectivity index (χ3n) is 15.8. The molecule has 0 aliphatic rings. The minimum Gasteiger partial charge on any atom is -0.466 e. The average molecular weight is 1040 g/mol. The summed E-state index contributed by atoms with van der Waals surface area (Å²) in [6, 6.07) is -0.546. The number of hydrogen-bond acceptors (Lipinski definition) is 5. The van der Waals surface area contributed by atoms with Crippen molar-refractivity contribution in [3.63, 3.8) is 0 Å². The number of esters is 1. The quantitative estimate of drug-likeness (QED) is 0.0320. The molecular weight excluding hydrogens is 911 g/mol. The maximum atomic E-state index is 12.5. The summed E-state index contributed by atoms with van der Waals surface area (Å²) < 4.78 is 5.48. The van der Waals surface area contributed by atoms with Gasteiger partial charge in [-0.05, 0) is 57.8 Å². The zero-order chi connectivity index (χ0) is 53.6. The molecule has 6 heteroatoms. The van der Waals surface area contributed by atoms with Gasteiger partial charge in [-0.25, -0.2) is 0 Å². The highest BCUT2D eigenvalue weighted by molar-refractivity contribution is 5.76. The fourth-order valence-corrected chi connectivity index (χ4v) is 10.6. The van der Waals surface area contributed by atoms with Gasteiger partial charge in [0.15, 0.2) is 0 Å². The number of unbranched alkanes of at least 4 members (excludes halogenated alkanes) is 48. The van der Waals surface area contributed by atoms with Gasteiger partial charge in [-0.3, -0.25) is 9.59 Å². The molecule has 0 rings (SSSR count). The largest absolute Gasteiger partial charge is 0.466 e. The lowest BCUT2D eigenvalue weighted by atomic mass is 10.0. The number of amides is 1. The molecule has 1 amide bonds. The summed E-state index contributed by atoms with van der Waals surface area (Å²) in [5.74, 6) is -0.0264. The van der Waals surface area contributed by atoms with E-state index in [9.17, 15) is 19.8 Å². The van der Waals surface area contributed by atoms with E-state index in [0.717, 1.165) is 44.9 Å². The summed E-state index contributed by atoms with van der Waals surface area (Å²) in [6.45, 7) is 4.98. The van der Waals surface area contributed by atoms with Gasteiger partial charge in [-0.2, -0.15) is 0 Å². The minimum atomic E-state index is -0.669. The van der Waals surface area contributed by atoms with Gasteiger partial charge in [0, 0.05) is 12.8 Å². The van der Waals surface area contributed by atoms with Gasteiger partial charge in [-0.1, -0.05) is 327 Å². The topological polar surface area (TPSA) is 95.9 Å². The lowest BCUT2D eigenvalue weighted by molar-refractivity contribution is -0.143. The summed E-state index contributed by atoms with van der Waals surface area (Å²) in [6.07, 6.45) is 79.2. The number of ether oxygens (including phenoxy) is 1. The second-order valence-corrected chi connectivity index (χ2v) is 23.2. The number of rotatable bonds is 63. The Bertz CT molecular complexity index is 1150. The van der Waals surface area contributed by atoms with Crippen LogP contribution in [-0.2, 0) is 14.3 Å². The fourth-order valence-electron chi connectivity index (χ4n) is 10.6. The number of allylic oxidation sites excluding steroid dienone is 4. The van der Waals surface area contributed by atoms with E-state index in [1.165, 1.54) is 295 Å². The van der Waals surface area contributed by atoms with E-state index >= 15 is 0 Å². The maximum Gasteiger partial charge on any atom is 0.305 e. The van der Waals surface area contributed by atoms with Gasteiger partial charge in [0.1, 0.15) is 0 Å². The summed E-state index contributed by atoms with van der Waals surface area (Å²) in [7, 11) is 0. The molecule has 0 saturated heterocycles. The number of carbonyl (C=O) groups is 2.